The van der Waals surface area contributed by atoms with Crippen LogP contribution < -0.4 is 10.2 Å². The van der Waals surface area contributed by atoms with E-state index in [4.69, 9.17) is 0 Å². The van der Waals surface area contributed by atoms with E-state index in [0.29, 0.717) is 6.42 Å². The monoisotopic (exact) mass is 283 g/mol. The second kappa shape index (κ2) is 4.84. The molecule has 0 saturated carbocycles. The number of fused-ring (bicyclic) bond motifs is 1. The quantitative estimate of drug-likeness (QED) is 0.915. The van der Waals surface area contributed by atoms with Gasteiger partial charge in [0.05, 0.1) is 5.69 Å². The second-order valence-corrected chi connectivity index (χ2v) is 5.50. The van der Waals surface area contributed by atoms with Gasteiger partial charge in [0, 0.05) is 17.8 Å². The Labute approximate surface area is 123 Å². The summed E-state index contributed by atoms with van der Waals surface area (Å²) in [7, 11) is 0. The number of aromatic nitrogens is 1. The molecule has 5 heteroatoms. The molecule has 5 nitrogen and oxygen atoms in total. The summed E-state index contributed by atoms with van der Waals surface area (Å²) in [6, 6.07) is 7.61. The predicted octanol–water partition coefficient (Wildman–Crippen LogP) is 1.87. The van der Waals surface area contributed by atoms with E-state index in [1.807, 2.05) is 31.2 Å². The maximum absolute atomic E-state index is 12.8. The highest BCUT2D eigenvalue weighted by Gasteiger charge is 2.42. The minimum absolute atomic E-state index is 0.0441. The van der Waals surface area contributed by atoms with Crippen LogP contribution in [0.25, 0.3) is 10.8 Å². The molecule has 1 aromatic heterocycles. The molecule has 1 aliphatic rings. The molecule has 1 saturated heterocycles. The molecule has 1 unspecified atom stereocenters. The van der Waals surface area contributed by atoms with Crippen molar-refractivity contribution in [1.29, 1.82) is 0 Å². The van der Waals surface area contributed by atoms with Crippen LogP contribution in [-0.4, -0.2) is 28.9 Å². The van der Waals surface area contributed by atoms with Crippen molar-refractivity contribution in [3.05, 3.63) is 36.7 Å². The van der Waals surface area contributed by atoms with E-state index in [-0.39, 0.29) is 18.4 Å². The van der Waals surface area contributed by atoms with Crippen LogP contribution in [0.4, 0.5) is 5.69 Å². The fourth-order valence-corrected chi connectivity index (χ4v) is 2.68. The number of benzene rings is 1. The largest absolute Gasteiger partial charge is 0.340 e. The van der Waals surface area contributed by atoms with Crippen LogP contribution in [0, 0.1) is 0 Å². The van der Waals surface area contributed by atoms with Gasteiger partial charge >= 0.3 is 0 Å². The summed E-state index contributed by atoms with van der Waals surface area (Å²) in [5.74, 6) is -0.221. The highest BCUT2D eigenvalue weighted by atomic mass is 16.2. The lowest BCUT2D eigenvalue weighted by atomic mass is 9.93. The molecule has 2 heterocycles. The molecule has 1 aliphatic heterocycles. The Morgan fingerprint density at radius 3 is 2.90 bits per heavy atom. The van der Waals surface area contributed by atoms with E-state index < -0.39 is 5.54 Å². The average Bonchev–Trinajstić information content (AvgIpc) is 2.50. The molecule has 2 aromatic rings. The van der Waals surface area contributed by atoms with Crippen molar-refractivity contribution >= 4 is 28.3 Å². The minimum atomic E-state index is -0.848. The number of amides is 2. The standard InChI is InChI=1S/C16H17N3O2/c1-3-16(2)15(21)19(10-14(20)18-16)13-6-4-5-11-7-8-17-9-12(11)13/h4-9H,3,10H2,1-2H3,(H,18,20). The summed E-state index contributed by atoms with van der Waals surface area (Å²) in [4.78, 5) is 30.4. The lowest BCUT2D eigenvalue weighted by Crippen LogP contribution is -2.65. The van der Waals surface area contributed by atoms with Gasteiger partial charge in [0.2, 0.25) is 5.91 Å². The van der Waals surface area contributed by atoms with Crippen LogP contribution in [0.15, 0.2) is 36.7 Å². The first kappa shape index (κ1) is 13.5. The lowest BCUT2D eigenvalue weighted by molar-refractivity contribution is -0.135. The number of pyridine rings is 1. The Balaban J connectivity index is 2.13. The number of anilines is 1. The van der Waals surface area contributed by atoms with Gasteiger partial charge in [-0.2, -0.15) is 0 Å². The summed E-state index contributed by atoms with van der Waals surface area (Å²) in [5, 5.41) is 4.67. The van der Waals surface area contributed by atoms with Gasteiger partial charge in [-0.1, -0.05) is 19.1 Å². The molecule has 21 heavy (non-hydrogen) atoms. The van der Waals surface area contributed by atoms with E-state index >= 15 is 0 Å². The number of carbonyl (C=O) groups is 2. The van der Waals surface area contributed by atoms with E-state index in [1.165, 1.54) is 0 Å². The number of hydrogen-bond acceptors (Lipinski definition) is 3. The smallest absolute Gasteiger partial charge is 0.252 e. The van der Waals surface area contributed by atoms with Gasteiger partial charge in [0.15, 0.2) is 0 Å². The van der Waals surface area contributed by atoms with Crippen molar-refractivity contribution in [1.82, 2.24) is 10.3 Å². The normalized spacial score (nSPS) is 22.5. The van der Waals surface area contributed by atoms with Crippen molar-refractivity contribution in [2.24, 2.45) is 0 Å². The van der Waals surface area contributed by atoms with Gasteiger partial charge in [0.1, 0.15) is 12.1 Å². The number of piperazine rings is 1. The van der Waals surface area contributed by atoms with E-state index in [9.17, 15) is 9.59 Å². The zero-order valence-corrected chi connectivity index (χ0v) is 12.1. The average molecular weight is 283 g/mol. The maximum atomic E-state index is 12.8. The summed E-state index contributed by atoms with van der Waals surface area (Å²) in [6.07, 6.45) is 4.00. The number of nitrogens with zero attached hydrogens (tertiary/aromatic N) is 2. The lowest BCUT2D eigenvalue weighted by Gasteiger charge is -2.39. The molecule has 2 amide bonds. The molecular weight excluding hydrogens is 266 g/mol. The van der Waals surface area contributed by atoms with Crippen LogP contribution >= 0.6 is 0 Å². The molecule has 1 fully saturated rings. The Hall–Kier alpha value is -2.43. The van der Waals surface area contributed by atoms with E-state index in [0.717, 1.165) is 16.5 Å². The highest BCUT2D eigenvalue weighted by Crippen LogP contribution is 2.30. The van der Waals surface area contributed by atoms with Crippen LogP contribution in [0.3, 0.4) is 0 Å². The third-order valence-electron chi connectivity index (χ3n) is 4.09. The first-order valence-electron chi connectivity index (χ1n) is 7.01. The fraction of sp³-hybridized carbons (Fsp3) is 0.312. The van der Waals surface area contributed by atoms with Crippen LogP contribution in [-0.2, 0) is 9.59 Å². The first-order valence-corrected chi connectivity index (χ1v) is 7.01. The number of rotatable bonds is 2. The van der Waals surface area contributed by atoms with Gasteiger partial charge in [-0.05, 0) is 30.9 Å². The summed E-state index contributed by atoms with van der Waals surface area (Å²) in [5.41, 5.74) is -0.111. The number of carbonyl (C=O) groups excluding carboxylic acids is 2. The first-order chi connectivity index (χ1) is 10.0. The third kappa shape index (κ3) is 2.14. The summed E-state index contributed by atoms with van der Waals surface area (Å²) >= 11 is 0. The molecule has 0 aliphatic carbocycles. The van der Waals surface area contributed by atoms with Crippen LogP contribution in [0.2, 0.25) is 0 Å². The zero-order chi connectivity index (χ0) is 15.0. The Morgan fingerprint density at radius 1 is 1.33 bits per heavy atom. The maximum Gasteiger partial charge on any atom is 0.252 e. The topological polar surface area (TPSA) is 62.3 Å². The van der Waals surface area contributed by atoms with Gasteiger partial charge in [-0.3, -0.25) is 14.6 Å². The van der Waals surface area contributed by atoms with Crippen molar-refractivity contribution < 1.29 is 9.59 Å². The summed E-state index contributed by atoms with van der Waals surface area (Å²) < 4.78 is 0. The van der Waals surface area contributed by atoms with Crippen molar-refractivity contribution in [3.8, 4) is 0 Å². The van der Waals surface area contributed by atoms with Crippen molar-refractivity contribution in [2.45, 2.75) is 25.8 Å². The van der Waals surface area contributed by atoms with E-state index in [1.54, 1.807) is 24.2 Å². The second-order valence-electron chi connectivity index (χ2n) is 5.50. The molecular formula is C16H17N3O2. The van der Waals surface area contributed by atoms with E-state index in [2.05, 4.69) is 10.3 Å². The summed E-state index contributed by atoms with van der Waals surface area (Å²) in [6.45, 7) is 3.71. The van der Waals surface area contributed by atoms with Crippen LogP contribution in [0.1, 0.15) is 20.3 Å². The Bertz CT molecular complexity index is 723. The Morgan fingerprint density at radius 2 is 2.14 bits per heavy atom. The molecule has 0 radical (unpaired) electrons. The minimum Gasteiger partial charge on any atom is -0.340 e. The fourth-order valence-electron chi connectivity index (χ4n) is 2.68. The van der Waals surface area contributed by atoms with Crippen molar-refractivity contribution in [3.63, 3.8) is 0 Å². The molecule has 1 atom stereocenters. The SMILES string of the molecule is CCC1(C)NC(=O)CN(c2cccc3ccncc23)C1=O. The van der Waals surface area contributed by atoms with Gasteiger partial charge in [0.25, 0.3) is 5.91 Å². The molecule has 108 valence electrons. The third-order valence-corrected chi connectivity index (χ3v) is 4.09. The molecule has 1 N–H and O–H groups in total. The number of nitrogens with one attached hydrogen (secondary N) is 1. The molecule has 3 rings (SSSR count). The molecule has 0 bridgehead atoms. The predicted molar refractivity (Wildman–Crippen MR) is 80.9 cm³/mol. The number of hydrogen-bond donors (Lipinski definition) is 1. The van der Waals surface area contributed by atoms with Crippen molar-refractivity contribution in [2.75, 3.05) is 11.4 Å². The zero-order valence-electron chi connectivity index (χ0n) is 12.1. The molecule has 0 spiro atoms. The van der Waals surface area contributed by atoms with Gasteiger partial charge in [-0.25, -0.2) is 0 Å². The highest BCUT2D eigenvalue weighted by molar-refractivity contribution is 6.12. The molecule has 1 aromatic carbocycles. The Kier molecular flexibility index (Phi) is 3.12. The van der Waals surface area contributed by atoms with Crippen LogP contribution in [0.5, 0.6) is 0 Å². The van der Waals surface area contributed by atoms with Gasteiger partial charge in [-0.15, -0.1) is 0 Å². The van der Waals surface area contributed by atoms with Gasteiger partial charge < -0.3 is 10.2 Å².